The highest BCUT2D eigenvalue weighted by Crippen LogP contribution is 2.01. The first-order chi connectivity index (χ1) is 7.74. The second kappa shape index (κ2) is 11.6. The first-order valence-corrected chi connectivity index (χ1v) is 7.92. The standard InChI is InChI=1S/C12H27NO2S/c1-3-5-6-10-16(15)11-12(7-9-14)13-8-4-2/h12-14H,3-11H2,1-2H3. The summed E-state index contributed by atoms with van der Waals surface area (Å²) < 4.78 is 11.8. The van der Waals surface area contributed by atoms with E-state index in [2.05, 4.69) is 19.2 Å². The summed E-state index contributed by atoms with van der Waals surface area (Å²) in [4.78, 5) is 0. The van der Waals surface area contributed by atoms with Gasteiger partial charge in [-0.25, -0.2) is 0 Å². The fourth-order valence-corrected chi connectivity index (χ4v) is 3.00. The Bertz CT molecular complexity index is 176. The Hall–Kier alpha value is 0.0700. The van der Waals surface area contributed by atoms with Crippen molar-refractivity contribution in [3.8, 4) is 0 Å². The van der Waals surface area contributed by atoms with Gasteiger partial charge in [0.25, 0.3) is 0 Å². The van der Waals surface area contributed by atoms with Gasteiger partial charge in [-0.2, -0.15) is 0 Å². The van der Waals surface area contributed by atoms with Gasteiger partial charge in [0.1, 0.15) is 0 Å². The van der Waals surface area contributed by atoms with Crippen LogP contribution in [0.1, 0.15) is 46.0 Å². The number of hydrogen-bond donors (Lipinski definition) is 2. The third-order valence-corrected chi connectivity index (χ3v) is 4.04. The Balaban J connectivity index is 3.73. The molecule has 98 valence electrons. The third kappa shape index (κ3) is 9.31. The van der Waals surface area contributed by atoms with Crippen molar-refractivity contribution in [2.45, 2.75) is 52.0 Å². The zero-order chi connectivity index (χ0) is 12.2. The average Bonchev–Trinajstić information content (AvgIpc) is 2.26. The van der Waals surface area contributed by atoms with Gasteiger partial charge in [-0.15, -0.1) is 0 Å². The summed E-state index contributed by atoms with van der Waals surface area (Å²) >= 11 is 0. The van der Waals surface area contributed by atoms with Crippen molar-refractivity contribution in [2.75, 3.05) is 24.7 Å². The molecule has 0 rings (SSSR count). The molecule has 0 spiro atoms. The van der Waals surface area contributed by atoms with Gasteiger partial charge in [0, 0.05) is 35.0 Å². The molecule has 0 amide bonds. The number of aliphatic hydroxyl groups excluding tert-OH is 1. The molecule has 0 aliphatic heterocycles. The van der Waals surface area contributed by atoms with Crippen molar-refractivity contribution < 1.29 is 9.32 Å². The second-order valence-corrected chi connectivity index (χ2v) is 5.80. The fourth-order valence-electron chi connectivity index (χ4n) is 1.57. The number of aliphatic hydroxyl groups is 1. The maximum absolute atomic E-state index is 11.8. The summed E-state index contributed by atoms with van der Waals surface area (Å²) in [5.41, 5.74) is 0. The van der Waals surface area contributed by atoms with E-state index < -0.39 is 10.8 Å². The van der Waals surface area contributed by atoms with Crippen LogP contribution < -0.4 is 5.32 Å². The van der Waals surface area contributed by atoms with E-state index >= 15 is 0 Å². The van der Waals surface area contributed by atoms with Crippen LogP contribution in [0.3, 0.4) is 0 Å². The van der Waals surface area contributed by atoms with Crippen molar-refractivity contribution in [3.63, 3.8) is 0 Å². The summed E-state index contributed by atoms with van der Waals surface area (Å²) in [7, 11) is -0.730. The lowest BCUT2D eigenvalue weighted by Gasteiger charge is -2.16. The van der Waals surface area contributed by atoms with Crippen molar-refractivity contribution in [2.24, 2.45) is 0 Å². The highest BCUT2D eigenvalue weighted by Gasteiger charge is 2.11. The van der Waals surface area contributed by atoms with E-state index in [1.807, 2.05) is 0 Å². The molecule has 2 atom stereocenters. The summed E-state index contributed by atoms with van der Waals surface area (Å²) in [6.07, 6.45) is 5.18. The molecule has 0 aromatic rings. The minimum absolute atomic E-state index is 0.174. The molecule has 16 heavy (non-hydrogen) atoms. The normalized spacial score (nSPS) is 14.9. The predicted octanol–water partition coefficient (Wildman–Crippen LogP) is 1.68. The molecular weight excluding hydrogens is 222 g/mol. The van der Waals surface area contributed by atoms with Gasteiger partial charge in [0.15, 0.2) is 0 Å². The van der Waals surface area contributed by atoms with Crippen molar-refractivity contribution in [1.29, 1.82) is 0 Å². The van der Waals surface area contributed by atoms with Crippen LogP contribution in [-0.2, 0) is 10.8 Å². The van der Waals surface area contributed by atoms with E-state index in [1.165, 1.54) is 12.8 Å². The first kappa shape index (κ1) is 16.1. The van der Waals surface area contributed by atoms with Gasteiger partial charge < -0.3 is 10.4 Å². The maximum atomic E-state index is 11.8. The zero-order valence-electron chi connectivity index (χ0n) is 10.7. The van der Waals surface area contributed by atoms with E-state index in [0.29, 0.717) is 12.2 Å². The lowest BCUT2D eigenvalue weighted by molar-refractivity contribution is 0.270. The van der Waals surface area contributed by atoms with Crippen LogP contribution >= 0.6 is 0 Å². The number of hydrogen-bond acceptors (Lipinski definition) is 3. The SMILES string of the molecule is CCCCCS(=O)CC(CCO)NCCC. The topological polar surface area (TPSA) is 49.3 Å². The van der Waals surface area contributed by atoms with Crippen LogP contribution in [0.15, 0.2) is 0 Å². The van der Waals surface area contributed by atoms with Crippen LogP contribution in [0.5, 0.6) is 0 Å². The molecule has 0 aliphatic rings. The molecule has 0 heterocycles. The lowest BCUT2D eigenvalue weighted by Crippen LogP contribution is -2.35. The molecule has 4 heteroatoms. The molecule has 0 bridgehead atoms. The minimum atomic E-state index is -0.730. The second-order valence-electron chi connectivity index (χ2n) is 4.18. The van der Waals surface area contributed by atoms with E-state index in [9.17, 15) is 4.21 Å². The largest absolute Gasteiger partial charge is 0.396 e. The summed E-state index contributed by atoms with van der Waals surface area (Å²) in [5, 5.41) is 12.3. The Kier molecular flexibility index (Phi) is 11.6. The van der Waals surface area contributed by atoms with Gasteiger partial charge in [-0.3, -0.25) is 4.21 Å². The zero-order valence-corrected chi connectivity index (χ0v) is 11.5. The monoisotopic (exact) mass is 249 g/mol. The molecule has 0 aliphatic carbocycles. The van der Waals surface area contributed by atoms with Gasteiger partial charge in [0.2, 0.25) is 0 Å². The van der Waals surface area contributed by atoms with Crippen LogP contribution in [0, 0.1) is 0 Å². The quantitative estimate of drug-likeness (QED) is 0.548. The molecule has 2 N–H and O–H groups in total. The van der Waals surface area contributed by atoms with E-state index in [1.54, 1.807) is 0 Å². The van der Waals surface area contributed by atoms with E-state index in [-0.39, 0.29) is 12.6 Å². The highest BCUT2D eigenvalue weighted by molar-refractivity contribution is 7.85. The Morgan fingerprint density at radius 2 is 2.00 bits per heavy atom. The Morgan fingerprint density at radius 3 is 2.56 bits per heavy atom. The number of rotatable bonds is 11. The lowest BCUT2D eigenvalue weighted by atomic mass is 10.2. The molecular formula is C12H27NO2S. The molecule has 0 aromatic carbocycles. The highest BCUT2D eigenvalue weighted by atomic mass is 32.2. The van der Waals surface area contributed by atoms with Gasteiger partial charge in [-0.1, -0.05) is 26.7 Å². The minimum Gasteiger partial charge on any atom is -0.396 e. The van der Waals surface area contributed by atoms with Crippen LogP contribution in [0.4, 0.5) is 0 Å². The summed E-state index contributed by atoms with van der Waals surface area (Å²) in [6.45, 7) is 5.38. The van der Waals surface area contributed by atoms with Crippen molar-refractivity contribution >= 4 is 10.8 Å². The van der Waals surface area contributed by atoms with E-state index in [0.717, 1.165) is 25.1 Å². The first-order valence-electron chi connectivity index (χ1n) is 6.43. The summed E-state index contributed by atoms with van der Waals surface area (Å²) in [6, 6.07) is 0.215. The molecule has 0 radical (unpaired) electrons. The molecule has 0 saturated heterocycles. The summed E-state index contributed by atoms with van der Waals surface area (Å²) in [5.74, 6) is 1.49. The number of unbranched alkanes of at least 4 members (excludes halogenated alkanes) is 2. The third-order valence-electron chi connectivity index (χ3n) is 2.52. The van der Waals surface area contributed by atoms with Crippen LogP contribution in [-0.4, -0.2) is 40.0 Å². The van der Waals surface area contributed by atoms with Crippen molar-refractivity contribution in [1.82, 2.24) is 5.32 Å². The van der Waals surface area contributed by atoms with E-state index in [4.69, 9.17) is 5.11 Å². The molecule has 2 unspecified atom stereocenters. The van der Waals surface area contributed by atoms with Gasteiger partial charge in [0.05, 0.1) is 0 Å². The smallest absolute Gasteiger partial charge is 0.0446 e. The van der Waals surface area contributed by atoms with Gasteiger partial charge >= 0.3 is 0 Å². The van der Waals surface area contributed by atoms with Crippen LogP contribution in [0.25, 0.3) is 0 Å². The molecule has 0 fully saturated rings. The van der Waals surface area contributed by atoms with Crippen LogP contribution in [0.2, 0.25) is 0 Å². The van der Waals surface area contributed by atoms with Gasteiger partial charge in [-0.05, 0) is 25.8 Å². The molecule has 0 aromatic heterocycles. The Morgan fingerprint density at radius 1 is 1.25 bits per heavy atom. The molecule has 0 saturated carbocycles. The maximum Gasteiger partial charge on any atom is 0.0446 e. The predicted molar refractivity (Wildman–Crippen MR) is 71.2 cm³/mol. The number of nitrogens with one attached hydrogen (secondary N) is 1. The molecule has 3 nitrogen and oxygen atoms in total. The fraction of sp³-hybridized carbons (Fsp3) is 1.00. The Labute approximate surface area is 102 Å². The van der Waals surface area contributed by atoms with Crippen molar-refractivity contribution in [3.05, 3.63) is 0 Å². The average molecular weight is 249 g/mol.